The number of nitrogens with zero attached hydrogens (tertiary/aromatic N) is 2. The van der Waals surface area contributed by atoms with E-state index in [1.54, 1.807) is 0 Å². The zero-order valence-corrected chi connectivity index (χ0v) is 10.5. The van der Waals surface area contributed by atoms with Gasteiger partial charge in [0.2, 0.25) is 0 Å². The fraction of sp³-hybridized carbons (Fsp3) is 0.417. The Morgan fingerprint density at radius 1 is 1.40 bits per heavy atom. The standard InChI is InChI=1S/C9H12N2.C2H6.CH5N/c1-4-6-11-9(5-2)8(3)7-10-11;2*1-2/h4-7H,2H2,1,3H3;1-2H3;2H2,1H3/b6-4-;;. The first-order valence-electron chi connectivity index (χ1n) is 5.16. The molecule has 1 rings (SSSR count). The van der Waals surface area contributed by atoms with Crippen LogP contribution in [0.25, 0.3) is 12.3 Å². The van der Waals surface area contributed by atoms with Crippen LogP contribution in [-0.4, -0.2) is 16.8 Å². The minimum Gasteiger partial charge on any atom is -0.333 e. The number of hydrogen-bond acceptors (Lipinski definition) is 2. The van der Waals surface area contributed by atoms with Crippen LogP contribution in [-0.2, 0) is 0 Å². The summed E-state index contributed by atoms with van der Waals surface area (Å²) in [6, 6.07) is 0. The van der Waals surface area contributed by atoms with Crippen molar-refractivity contribution in [2.24, 2.45) is 5.73 Å². The predicted molar refractivity (Wildman–Crippen MR) is 69.5 cm³/mol. The highest BCUT2D eigenvalue weighted by atomic mass is 15.3. The van der Waals surface area contributed by atoms with Gasteiger partial charge in [0.15, 0.2) is 0 Å². The van der Waals surface area contributed by atoms with E-state index in [1.807, 2.05) is 56.9 Å². The summed E-state index contributed by atoms with van der Waals surface area (Å²) in [7, 11) is 1.50. The molecule has 0 aliphatic carbocycles. The summed E-state index contributed by atoms with van der Waals surface area (Å²) in [4.78, 5) is 0. The Bertz CT molecular complexity index is 285. The minimum absolute atomic E-state index is 1.06. The molecule has 0 amide bonds. The molecule has 86 valence electrons. The maximum absolute atomic E-state index is 4.50. The highest BCUT2D eigenvalue weighted by molar-refractivity contribution is 5.49. The van der Waals surface area contributed by atoms with Crippen LogP contribution < -0.4 is 5.73 Å². The van der Waals surface area contributed by atoms with Crippen LogP contribution in [0.15, 0.2) is 18.9 Å². The number of rotatable bonds is 2. The lowest BCUT2D eigenvalue weighted by Gasteiger charge is -1.95. The molecular formula is C12H23N3. The van der Waals surface area contributed by atoms with Crippen molar-refractivity contribution < 1.29 is 0 Å². The molecule has 2 N–H and O–H groups in total. The molecule has 0 radical (unpaired) electrons. The molecule has 1 heterocycles. The number of nitrogens with two attached hydrogens (primary N) is 1. The Labute approximate surface area is 93.3 Å². The topological polar surface area (TPSA) is 43.8 Å². The molecule has 0 spiro atoms. The maximum Gasteiger partial charge on any atom is 0.0684 e. The van der Waals surface area contributed by atoms with Crippen LogP contribution in [0.5, 0.6) is 0 Å². The molecule has 1 aromatic heterocycles. The van der Waals surface area contributed by atoms with Gasteiger partial charge in [-0.2, -0.15) is 5.10 Å². The summed E-state index contributed by atoms with van der Waals surface area (Å²) in [6.45, 7) is 11.7. The van der Waals surface area contributed by atoms with Crippen LogP contribution in [0, 0.1) is 6.92 Å². The van der Waals surface area contributed by atoms with Gasteiger partial charge in [0.1, 0.15) is 0 Å². The molecule has 0 fully saturated rings. The largest absolute Gasteiger partial charge is 0.333 e. The van der Waals surface area contributed by atoms with Gasteiger partial charge in [-0.15, -0.1) is 0 Å². The number of aryl methyl sites for hydroxylation is 1. The molecular weight excluding hydrogens is 186 g/mol. The second-order valence-corrected chi connectivity index (χ2v) is 2.34. The van der Waals surface area contributed by atoms with Gasteiger partial charge in [0.25, 0.3) is 0 Å². The highest BCUT2D eigenvalue weighted by Crippen LogP contribution is 2.08. The van der Waals surface area contributed by atoms with Gasteiger partial charge in [0.05, 0.1) is 11.9 Å². The van der Waals surface area contributed by atoms with Crippen LogP contribution in [0.4, 0.5) is 0 Å². The van der Waals surface area contributed by atoms with Crippen molar-refractivity contribution in [1.82, 2.24) is 9.78 Å². The molecule has 1 aromatic rings. The monoisotopic (exact) mass is 209 g/mol. The molecule has 0 aromatic carbocycles. The third kappa shape index (κ3) is 5.18. The van der Waals surface area contributed by atoms with Gasteiger partial charge >= 0.3 is 0 Å². The van der Waals surface area contributed by atoms with Gasteiger partial charge in [-0.3, -0.25) is 0 Å². The first-order valence-corrected chi connectivity index (χ1v) is 5.16. The van der Waals surface area contributed by atoms with E-state index in [0.717, 1.165) is 11.3 Å². The lowest BCUT2D eigenvalue weighted by atomic mass is 10.3. The summed E-state index contributed by atoms with van der Waals surface area (Å²) in [5.74, 6) is 0. The first kappa shape index (κ1) is 16.1. The Balaban J connectivity index is 0. The SMILES string of the molecule is C=Cc1c(C)cnn1/C=C\C.CC.CN. The number of aromatic nitrogens is 2. The quantitative estimate of drug-likeness (QED) is 0.814. The van der Waals surface area contributed by atoms with Gasteiger partial charge in [-0.1, -0.05) is 26.5 Å². The van der Waals surface area contributed by atoms with Gasteiger partial charge in [-0.05, 0) is 32.5 Å². The Morgan fingerprint density at radius 3 is 2.33 bits per heavy atom. The Kier molecular flexibility index (Phi) is 11.5. The molecule has 0 aliphatic heterocycles. The zero-order valence-electron chi connectivity index (χ0n) is 10.5. The van der Waals surface area contributed by atoms with Crippen LogP contribution >= 0.6 is 0 Å². The van der Waals surface area contributed by atoms with E-state index in [9.17, 15) is 0 Å². The summed E-state index contributed by atoms with van der Waals surface area (Å²) in [5, 5.41) is 4.13. The van der Waals surface area contributed by atoms with Crippen molar-refractivity contribution in [3.63, 3.8) is 0 Å². The van der Waals surface area contributed by atoms with E-state index in [1.165, 1.54) is 7.05 Å². The molecule has 0 saturated carbocycles. The van der Waals surface area contributed by atoms with Gasteiger partial charge in [0, 0.05) is 6.20 Å². The van der Waals surface area contributed by atoms with Crippen molar-refractivity contribution in [2.75, 3.05) is 7.05 Å². The molecule has 3 nitrogen and oxygen atoms in total. The van der Waals surface area contributed by atoms with E-state index in [-0.39, 0.29) is 0 Å². The van der Waals surface area contributed by atoms with Gasteiger partial charge < -0.3 is 5.73 Å². The average molecular weight is 209 g/mol. The van der Waals surface area contributed by atoms with Crippen molar-refractivity contribution in [3.05, 3.63) is 30.1 Å². The van der Waals surface area contributed by atoms with Crippen molar-refractivity contribution in [2.45, 2.75) is 27.7 Å². The second-order valence-electron chi connectivity index (χ2n) is 2.34. The average Bonchev–Trinajstić information content (AvgIpc) is 2.65. The molecule has 0 unspecified atom stereocenters. The lowest BCUT2D eigenvalue weighted by molar-refractivity contribution is 0.923. The Hall–Kier alpha value is -1.35. The molecule has 0 aliphatic rings. The van der Waals surface area contributed by atoms with E-state index in [4.69, 9.17) is 0 Å². The van der Waals surface area contributed by atoms with Crippen LogP contribution in [0.2, 0.25) is 0 Å². The Morgan fingerprint density at radius 2 is 1.93 bits per heavy atom. The number of hydrogen-bond donors (Lipinski definition) is 1. The molecule has 0 saturated heterocycles. The molecule has 0 atom stereocenters. The van der Waals surface area contributed by atoms with Crippen molar-refractivity contribution >= 4 is 12.3 Å². The fourth-order valence-electron chi connectivity index (χ4n) is 0.972. The molecule has 0 bridgehead atoms. The summed E-state index contributed by atoms with van der Waals surface area (Å²) >= 11 is 0. The smallest absolute Gasteiger partial charge is 0.0684 e. The highest BCUT2D eigenvalue weighted by Gasteiger charge is 1.98. The van der Waals surface area contributed by atoms with Crippen LogP contribution in [0.3, 0.4) is 0 Å². The zero-order chi connectivity index (χ0) is 12.3. The molecule has 3 heteroatoms. The second kappa shape index (κ2) is 10.7. The number of allylic oxidation sites excluding steroid dienone is 1. The van der Waals surface area contributed by atoms with E-state index in [0.29, 0.717) is 0 Å². The fourth-order valence-corrected chi connectivity index (χ4v) is 0.972. The van der Waals surface area contributed by atoms with E-state index < -0.39 is 0 Å². The normalized spacial score (nSPS) is 8.67. The third-order valence-corrected chi connectivity index (χ3v) is 1.51. The van der Waals surface area contributed by atoms with Gasteiger partial charge in [-0.25, -0.2) is 4.68 Å². The summed E-state index contributed by atoms with van der Waals surface area (Å²) < 4.78 is 1.81. The molecule has 15 heavy (non-hydrogen) atoms. The lowest BCUT2D eigenvalue weighted by Crippen LogP contribution is -1.90. The third-order valence-electron chi connectivity index (χ3n) is 1.51. The van der Waals surface area contributed by atoms with Crippen LogP contribution in [0.1, 0.15) is 32.0 Å². The van der Waals surface area contributed by atoms with E-state index in [2.05, 4.69) is 17.4 Å². The van der Waals surface area contributed by atoms with E-state index >= 15 is 0 Å². The van der Waals surface area contributed by atoms with Crippen molar-refractivity contribution in [1.29, 1.82) is 0 Å². The summed E-state index contributed by atoms with van der Waals surface area (Å²) in [6.07, 6.45) is 7.49. The summed E-state index contributed by atoms with van der Waals surface area (Å²) in [5.41, 5.74) is 6.71. The minimum atomic E-state index is 1.06. The van der Waals surface area contributed by atoms with Crippen molar-refractivity contribution in [3.8, 4) is 0 Å². The first-order chi connectivity index (χ1) is 7.29. The predicted octanol–water partition coefficient (Wildman–Crippen LogP) is 2.93. The maximum atomic E-state index is 4.50.